The van der Waals surface area contributed by atoms with Crippen LogP contribution < -0.4 is 10.3 Å². The maximum atomic E-state index is 12.6. The lowest BCUT2D eigenvalue weighted by molar-refractivity contribution is -0.131. The summed E-state index contributed by atoms with van der Waals surface area (Å²) >= 11 is 1.46. The number of carbonyl (C=O) groups excluding carboxylic acids is 1. The minimum absolute atomic E-state index is 0.117. The Bertz CT molecular complexity index is 1020. The Labute approximate surface area is 172 Å². The number of nitrogens with one attached hydrogen (secondary N) is 1. The van der Waals surface area contributed by atoms with Gasteiger partial charge in [0.1, 0.15) is 22.3 Å². The van der Waals surface area contributed by atoms with Crippen LogP contribution in [0.2, 0.25) is 0 Å². The molecule has 0 bridgehead atoms. The third-order valence-corrected chi connectivity index (χ3v) is 5.96. The van der Waals surface area contributed by atoms with Crippen molar-refractivity contribution in [3.63, 3.8) is 0 Å². The van der Waals surface area contributed by atoms with Crippen molar-refractivity contribution in [1.29, 1.82) is 0 Å². The van der Waals surface area contributed by atoms with Crippen molar-refractivity contribution in [3.8, 4) is 16.5 Å². The topological polar surface area (TPSA) is 88.2 Å². The number of hydrogen-bond acceptors (Lipinski definition) is 6. The van der Waals surface area contributed by atoms with Crippen LogP contribution in [-0.4, -0.2) is 46.0 Å². The molecule has 150 valence electrons. The number of aromatic amines is 1. The minimum Gasteiger partial charge on any atom is -0.497 e. The van der Waals surface area contributed by atoms with Crippen molar-refractivity contribution in [2.45, 2.75) is 25.2 Å². The second kappa shape index (κ2) is 8.57. The zero-order valence-corrected chi connectivity index (χ0v) is 16.9. The fourth-order valence-electron chi connectivity index (χ4n) is 3.56. The van der Waals surface area contributed by atoms with Crippen LogP contribution in [0.4, 0.5) is 0 Å². The second-order valence-corrected chi connectivity index (χ2v) is 7.93. The number of thiazole rings is 1. The van der Waals surface area contributed by atoms with Gasteiger partial charge in [-0.3, -0.25) is 9.59 Å². The van der Waals surface area contributed by atoms with Crippen LogP contribution in [0.25, 0.3) is 10.7 Å². The molecule has 0 aliphatic carbocycles. The van der Waals surface area contributed by atoms with Crippen molar-refractivity contribution in [2.75, 3.05) is 20.2 Å². The monoisotopic (exact) mass is 410 g/mol. The molecule has 0 radical (unpaired) electrons. The fraction of sp³-hybridized carbons (Fsp3) is 0.333. The van der Waals surface area contributed by atoms with E-state index in [9.17, 15) is 9.59 Å². The van der Waals surface area contributed by atoms with E-state index in [0.29, 0.717) is 31.0 Å². The van der Waals surface area contributed by atoms with Crippen LogP contribution in [0.15, 0.2) is 46.7 Å². The van der Waals surface area contributed by atoms with E-state index in [1.807, 2.05) is 34.5 Å². The molecule has 1 aliphatic heterocycles. The zero-order valence-electron chi connectivity index (χ0n) is 16.1. The summed E-state index contributed by atoms with van der Waals surface area (Å²) in [4.78, 5) is 38.4. The summed E-state index contributed by atoms with van der Waals surface area (Å²) in [5, 5.41) is 2.61. The first-order chi connectivity index (χ1) is 14.1. The summed E-state index contributed by atoms with van der Waals surface area (Å²) in [5.41, 5.74) is 1.41. The largest absolute Gasteiger partial charge is 0.497 e. The fourth-order valence-corrected chi connectivity index (χ4v) is 4.16. The number of rotatable bonds is 5. The molecule has 8 heteroatoms. The Hall–Kier alpha value is -3.00. The molecule has 2 aromatic heterocycles. The smallest absolute Gasteiger partial charge is 0.251 e. The molecule has 1 amide bonds. The van der Waals surface area contributed by atoms with Crippen LogP contribution >= 0.6 is 11.3 Å². The highest BCUT2D eigenvalue weighted by Crippen LogP contribution is 2.27. The van der Waals surface area contributed by atoms with Crippen molar-refractivity contribution in [1.82, 2.24) is 19.9 Å². The zero-order chi connectivity index (χ0) is 20.2. The minimum atomic E-state index is -0.168. The third-order valence-electron chi connectivity index (χ3n) is 5.16. The first-order valence-electron chi connectivity index (χ1n) is 9.54. The maximum Gasteiger partial charge on any atom is 0.251 e. The highest BCUT2D eigenvalue weighted by atomic mass is 32.1. The molecule has 1 N–H and O–H groups in total. The van der Waals surface area contributed by atoms with Crippen molar-refractivity contribution < 1.29 is 9.53 Å². The van der Waals surface area contributed by atoms with E-state index >= 15 is 0 Å². The van der Waals surface area contributed by atoms with Gasteiger partial charge in [-0.2, -0.15) is 0 Å². The second-order valence-electron chi connectivity index (χ2n) is 7.03. The number of H-pyrrole nitrogens is 1. The van der Waals surface area contributed by atoms with Gasteiger partial charge in [0.2, 0.25) is 5.91 Å². The molecule has 0 unspecified atom stereocenters. The van der Waals surface area contributed by atoms with Gasteiger partial charge >= 0.3 is 0 Å². The van der Waals surface area contributed by atoms with E-state index < -0.39 is 0 Å². The number of benzene rings is 1. The Morgan fingerprint density at radius 1 is 1.28 bits per heavy atom. The molecule has 1 aliphatic rings. The quantitative estimate of drug-likeness (QED) is 0.699. The van der Waals surface area contributed by atoms with E-state index in [1.165, 1.54) is 17.4 Å². The number of likely N-dealkylation sites (tertiary alicyclic amines) is 1. The van der Waals surface area contributed by atoms with Crippen LogP contribution in [0.3, 0.4) is 0 Å². The average Bonchev–Trinajstić information content (AvgIpc) is 3.29. The predicted octanol–water partition coefficient (Wildman–Crippen LogP) is 2.85. The molecule has 3 aromatic rings. The molecule has 1 aromatic carbocycles. The molecule has 0 saturated carbocycles. The Kier molecular flexibility index (Phi) is 5.71. The van der Waals surface area contributed by atoms with Gasteiger partial charge in [-0.25, -0.2) is 9.97 Å². The lowest BCUT2D eigenvalue weighted by atomic mass is 9.95. The van der Waals surface area contributed by atoms with Gasteiger partial charge in [0.25, 0.3) is 5.56 Å². The number of aromatic nitrogens is 3. The van der Waals surface area contributed by atoms with E-state index in [-0.39, 0.29) is 17.4 Å². The number of nitrogens with zero attached hydrogens (tertiary/aromatic N) is 3. The van der Waals surface area contributed by atoms with Gasteiger partial charge in [0.15, 0.2) is 0 Å². The number of hydrogen-bond donors (Lipinski definition) is 1. The maximum absolute atomic E-state index is 12.6. The average molecular weight is 410 g/mol. The van der Waals surface area contributed by atoms with E-state index in [0.717, 1.165) is 29.2 Å². The van der Waals surface area contributed by atoms with Gasteiger partial charge in [-0.1, -0.05) is 12.1 Å². The van der Waals surface area contributed by atoms with E-state index in [4.69, 9.17) is 4.74 Å². The molecule has 4 rings (SSSR count). The van der Waals surface area contributed by atoms with Gasteiger partial charge in [0, 0.05) is 36.7 Å². The summed E-state index contributed by atoms with van der Waals surface area (Å²) in [6, 6.07) is 9.05. The van der Waals surface area contributed by atoms with Gasteiger partial charge in [-0.05, 0) is 30.5 Å². The number of methoxy groups -OCH3 is 1. The summed E-state index contributed by atoms with van der Waals surface area (Å²) in [6.45, 7) is 1.32. The lowest BCUT2D eigenvalue weighted by Gasteiger charge is -2.31. The highest BCUT2D eigenvalue weighted by Gasteiger charge is 2.25. The third kappa shape index (κ3) is 4.54. The molecular weight excluding hydrogens is 388 g/mol. The highest BCUT2D eigenvalue weighted by molar-refractivity contribution is 7.13. The molecular formula is C21H22N4O3S. The van der Waals surface area contributed by atoms with Crippen molar-refractivity contribution >= 4 is 17.2 Å². The Balaban J connectivity index is 1.39. The predicted molar refractivity (Wildman–Crippen MR) is 111 cm³/mol. The lowest BCUT2D eigenvalue weighted by Crippen LogP contribution is -2.39. The van der Waals surface area contributed by atoms with Crippen LogP contribution in [0.5, 0.6) is 5.75 Å². The first-order valence-corrected chi connectivity index (χ1v) is 10.4. The van der Waals surface area contributed by atoms with Crippen molar-refractivity contribution in [3.05, 3.63) is 63.7 Å². The van der Waals surface area contributed by atoms with Gasteiger partial charge < -0.3 is 14.6 Å². The Morgan fingerprint density at radius 2 is 2.03 bits per heavy atom. The number of piperidine rings is 1. The SMILES string of the molecule is COc1ccc(CC(=O)N2CCC(c3nc(-c4nccs4)cc(=O)[nH]3)CC2)cc1. The number of carbonyl (C=O) groups is 1. The van der Waals surface area contributed by atoms with E-state index in [2.05, 4.69) is 15.0 Å². The summed E-state index contributed by atoms with van der Waals surface area (Å²) < 4.78 is 5.15. The van der Waals surface area contributed by atoms with Crippen LogP contribution in [0, 0.1) is 0 Å². The normalized spacial score (nSPS) is 14.7. The Morgan fingerprint density at radius 3 is 2.69 bits per heavy atom. The van der Waals surface area contributed by atoms with Crippen molar-refractivity contribution in [2.24, 2.45) is 0 Å². The molecule has 0 spiro atoms. The molecule has 0 atom stereocenters. The standard InChI is InChI=1S/C21H22N4O3S/c1-28-16-4-2-14(3-5-16)12-19(27)25-9-6-15(7-10-25)20-23-17(13-18(26)24-20)21-22-8-11-29-21/h2-5,8,11,13,15H,6-7,9-10,12H2,1H3,(H,23,24,26). The van der Waals surface area contributed by atoms with Gasteiger partial charge in [0.05, 0.1) is 13.5 Å². The number of ether oxygens (including phenoxy) is 1. The van der Waals surface area contributed by atoms with Crippen LogP contribution in [0.1, 0.15) is 30.1 Å². The van der Waals surface area contributed by atoms with Gasteiger partial charge in [-0.15, -0.1) is 11.3 Å². The first kappa shape index (κ1) is 19.3. The molecule has 1 saturated heterocycles. The molecule has 3 heterocycles. The summed E-state index contributed by atoms with van der Waals surface area (Å²) in [5.74, 6) is 1.72. The van der Waals surface area contributed by atoms with E-state index in [1.54, 1.807) is 13.3 Å². The summed E-state index contributed by atoms with van der Waals surface area (Å²) in [7, 11) is 1.62. The number of amides is 1. The molecule has 1 fully saturated rings. The molecule has 7 nitrogen and oxygen atoms in total. The summed E-state index contributed by atoms with van der Waals surface area (Å²) in [6.07, 6.45) is 3.63. The van der Waals surface area contributed by atoms with Crippen LogP contribution in [-0.2, 0) is 11.2 Å². The molecule has 29 heavy (non-hydrogen) atoms.